The number of unbranched alkanes of at least 4 members (excludes halogenated alkanes) is 1. The van der Waals surface area contributed by atoms with Crippen LogP contribution < -0.4 is 0 Å². The van der Waals surface area contributed by atoms with Gasteiger partial charge in [0.1, 0.15) is 0 Å². The summed E-state index contributed by atoms with van der Waals surface area (Å²) in [4.78, 5) is 0. The van der Waals surface area contributed by atoms with E-state index >= 15 is 0 Å². The molecule has 4 aliphatic rings. The van der Waals surface area contributed by atoms with Crippen molar-refractivity contribution in [3.05, 3.63) is 11.6 Å². The number of allylic oxidation sites excluding steroid dienone is 1. The fourth-order valence-corrected chi connectivity index (χ4v) is 7.63. The van der Waals surface area contributed by atoms with Crippen molar-refractivity contribution in [2.24, 2.45) is 28.6 Å². The average molecular weight is 347 g/mol. The van der Waals surface area contributed by atoms with Crippen LogP contribution in [0.1, 0.15) is 91.4 Å². The van der Waals surface area contributed by atoms with Crippen LogP contribution in [-0.4, -0.2) is 21.9 Å². The molecule has 0 aromatic heterocycles. The second-order valence-corrected chi connectivity index (χ2v) is 10.3. The summed E-state index contributed by atoms with van der Waals surface area (Å²) in [5.41, 5.74) is 1.56. The van der Waals surface area contributed by atoms with Crippen LogP contribution in [-0.2, 0) is 0 Å². The molecule has 0 amide bonds. The van der Waals surface area contributed by atoms with E-state index in [4.69, 9.17) is 0 Å². The number of hydrogen-bond acceptors (Lipinski definition) is 2. The Hall–Kier alpha value is -0.340. The molecule has 0 bridgehead atoms. The first-order valence-electron chi connectivity index (χ1n) is 10.9. The Bertz CT molecular complexity index is 554. The van der Waals surface area contributed by atoms with E-state index < -0.39 is 5.60 Å². The lowest BCUT2D eigenvalue weighted by molar-refractivity contribution is -0.128. The maximum atomic E-state index is 11.5. The minimum atomic E-state index is -0.424. The van der Waals surface area contributed by atoms with Gasteiger partial charge in [-0.25, -0.2) is 0 Å². The molecule has 0 aliphatic heterocycles. The highest BCUT2D eigenvalue weighted by molar-refractivity contribution is 5.26. The molecule has 2 nitrogen and oxygen atoms in total. The molecule has 0 aromatic carbocycles. The van der Waals surface area contributed by atoms with E-state index in [1.54, 1.807) is 5.57 Å². The molecule has 0 saturated heterocycles. The van der Waals surface area contributed by atoms with Gasteiger partial charge >= 0.3 is 0 Å². The Kier molecular flexibility index (Phi) is 4.40. The van der Waals surface area contributed by atoms with Crippen molar-refractivity contribution < 1.29 is 10.2 Å². The monoisotopic (exact) mass is 346 g/mol. The molecule has 2 heteroatoms. The highest BCUT2D eigenvalue weighted by atomic mass is 16.3. The summed E-state index contributed by atoms with van der Waals surface area (Å²) >= 11 is 0. The third-order valence-corrected chi connectivity index (χ3v) is 9.34. The van der Waals surface area contributed by atoms with Crippen LogP contribution >= 0.6 is 0 Å². The normalized spacial score (nSPS) is 52.1. The van der Waals surface area contributed by atoms with E-state index in [2.05, 4.69) is 26.8 Å². The maximum Gasteiger partial charge on any atom is 0.0703 e. The molecule has 2 N–H and O–H groups in total. The molecule has 3 saturated carbocycles. The Morgan fingerprint density at radius 3 is 2.60 bits per heavy atom. The second-order valence-electron chi connectivity index (χ2n) is 10.3. The summed E-state index contributed by atoms with van der Waals surface area (Å²) in [5, 5.41) is 21.7. The molecule has 7 atom stereocenters. The number of hydrogen-bond donors (Lipinski definition) is 2. The van der Waals surface area contributed by atoms with Gasteiger partial charge < -0.3 is 10.2 Å². The van der Waals surface area contributed by atoms with Gasteiger partial charge in [0, 0.05) is 0 Å². The summed E-state index contributed by atoms with van der Waals surface area (Å²) in [6.07, 6.45) is 14.7. The second kappa shape index (κ2) is 6.09. The van der Waals surface area contributed by atoms with Gasteiger partial charge in [-0.05, 0) is 86.4 Å². The Balaban J connectivity index is 1.62. The minimum absolute atomic E-state index is 0.115. The van der Waals surface area contributed by atoms with Gasteiger partial charge in [-0.2, -0.15) is 0 Å². The molecule has 3 fully saturated rings. The summed E-state index contributed by atoms with van der Waals surface area (Å²) < 4.78 is 0. The van der Waals surface area contributed by atoms with Gasteiger partial charge in [0.15, 0.2) is 0 Å². The summed E-state index contributed by atoms with van der Waals surface area (Å²) in [5.74, 6) is 2.21. The molecule has 0 heterocycles. The first kappa shape index (κ1) is 18.0. The van der Waals surface area contributed by atoms with Crippen LogP contribution in [0.15, 0.2) is 11.6 Å². The van der Waals surface area contributed by atoms with Crippen molar-refractivity contribution in [2.45, 2.75) is 103 Å². The van der Waals surface area contributed by atoms with Crippen LogP contribution in [0.3, 0.4) is 0 Å². The zero-order chi connectivity index (χ0) is 17.9. The lowest BCUT2D eigenvalue weighted by Crippen LogP contribution is -2.54. The minimum Gasteiger partial charge on any atom is -0.393 e. The molecule has 0 unspecified atom stereocenters. The van der Waals surface area contributed by atoms with Crippen molar-refractivity contribution >= 4 is 0 Å². The molecule has 0 aromatic rings. The van der Waals surface area contributed by atoms with Gasteiger partial charge in [0.2, 0.25) is 0 Å². The molecular formula is C23H38O2. The average Bonchev–Trinajstić information content (AvgIpc) is 2.85. The number of aliphatic hydroxyl groups is 2. The first-order valence-corrected chi connectivity index (χ1v) is 10.9. The first-order chi connectivity index (χ1) is 11.8. The lowest BCUT2D eigenvalue weighted by Gasteiger charge is -2.59. The van der Waals surface area contributed by atoms with E-state index in [9.17, 15) is 10.2 Å². The highest BCUT2D eigenvalue weighted by Crippen LogP contribution is 2.67. The van der Waals surface area contributed by atoms with Gasteiger partial charge in [-0.15, -0.1) is 0 Å². The van der Waals surface area contributed by atoms with E-state index in [1.807, 2.05) is 0 Å². The van der Waals surface area contributed by atoms with E-state index in [0.29, 0.717) is 11.3 Å². The SMILES string of the molecule is CCCC[C@]1(O)CC[C@H]2[C@@H]3CC=C4C[C@@H](O)CC[C@]4(C)[C@H]3CC[C@@]21C. The maximum absolute atomic E-state index is 11.5. The molecule has 4 rings (SSSR count). The quantitative estimate of drug-likeness (QED) is 0.687. The van der Waals surface area contributed by atoms with Crippen molar-refractivity contribution in [1.82, 2.24) is 0 Å². The topological polar surface area (TPSA) is 40.5 Å². The van der Waals surface area contributed by atoms with Crippen molar-refractivity contribution in [1.29, 1.82) is 0 Å². The van der Waals surface area contributed by atoms with Crippen molar-refractivity contribution in [3.63, 3.8) is 0 Å². The lowest BCUT2D eigenvalue weighted by atomic mass is 9.47. The molecule has 0 radical (unpaired) electrons. The van der Waals surface area contributed by atoms with Crippen LogP contribution in [0.5, 0.6) is 0 Å². The van der Waals surface area contributed by atoms with E-state index in [0.717, 1.165) is 50.4 Å². The van der Waals surface area contributed by atoms with Crippen molar-refractivity contribution in [3.8, 4) is 0 Å². The molecule has 142 valence electrons. The fraction of sp³-hybridized carbons (Fsp3) is 0.913. The number of rotatable bonds is 3. The molecular weight excluding hydrogens is 308 g/mol. The van der Waals surface area contributed by atoms with Crippen molar-refractivity contribution in [2.75, 3.05) is 0 Å². The zero-order valence-corrected chi connectivity index (χ0v) is 16.6. The Morgan fingerprint density at radius 1 is 1.08 bits per heavy atom. The standard InChI is InChI=1S/C23H38O2/c1-4-5-11-23(25)14-10-20-18-7-6-16-15-17(24)8-12-21(16,2)19(18)9-13-22(20,23)3/h6,17-20,24-25H,4-5,7-15H2,1-3H3/t17-,18+,19-,20-,21-,22-,23-/m0/s1. The molecule has 0 spiro atoms. The Labute approximate surface area is 154 Å². The largest absolute Gasteiger partial charge is 0.393 e. The van der Waals surface area contributed by atoms with E-state index in [1.165, 1.54) is 32.1 Å². The predicted octanol–water partition coefficient (Wildman–Crippen LogP) is 5.23. The van der Waals surface area contributed by atoms with Gasteiger partial charge in [0.25, 0.3) is 0 Å². The van der Waals surface area contributed by atoms with Crippen LogP contribution in [0, 0.1) is 28.6 Å². The van der Waals surface area contributed by atoms with Gasteiger partial charge in [-0.3, -0.25) is 0 Å². The van der Waals surface area contributed by atoms with Gasteiger partial charge in [0.05, 0.1) is 11.7 Å². The summed E-state index contributed by atoms with van der Waals surface area (Å²) in [6.45, 7) is 7.14. The van der Waals surface area contributed by atoms with Crippen LogP contribution in [0.2, 0.25) is 0 Å². The summed E-state index contributed by atoms with van der Waals surface area (Å²) in [6, 6.07) is 0. The summed E-state index contributed by atoms with van der Waals surface area (Å²) in [7, 11) is 0. The van der Waals surface area contributed by atoms with Crippen LogP contribution in [0.4, 0.5) is 0 Å². The third kappa shape index (κ3) is 2.50. The third-order valence-electron chi connectivity index (χ3n) is 9.34. The molecule has 4 aliphatic carbocycles. The predicted molar refractivity (Wildman–Crippen MR) is 102 cm³/mol. The Morgan fingerprint density at radius 2 is 1.84 bits per heavy atom. The van der Waals surface area contributed by atoms with E-state index in [-0.39, 0.29) is 11.5 Å². The van der Waals surface area contributed by atoms with Crippen LogP contribution in [0.25, 0.3) is 0 Å². The smallest absolute Gasteiger partial charge is 0.0703 e. The number of fused-ring (bicyclic) bond motifs is 5. The highest BCUT2D eigenvalue weighted by Gasteiger charge is 2.63. The fourth-order valence-electron chi connectivity index (χ4n) is 7.63. The van der Waals surface area contributed by atoms with Gasteiger partial charge in [-0.1, -0.05) is 45.3 Å². The zero-order valence-electron chi connectivity index (χ0n) is 16.6. The number of aliphatic hydroxyl groups excluding tert-OH is 1. The molecule has 25 heavy (non-hydrogen) atoms.